The van der Waals surface area contributed by atoms with Crippen molar-refractivity contribution in [2.45, 2.75) is 26.3 Å². The molecule has 0 aliphatic rings. The van der Waals surface area contributed by atoms with Gasteiger partial charge in [-0.25, -0.2) is 4.79 Å². The number of hydrogen-bond acceptors (Lipinski definition) is 2. The van der Waals surface area contributed by atoms with Gasteiger partial charge in [-0.1, -0.05) is 43.3 Å². The molecule has 0 aliphatic carbocycles. The molecule has 0 unspecified atom stereocenters. The van der Waals surface area contributed by atoms with Gasteiger partial charge >= 0.3 is 6.09 Å². The van der Waals surface area contributed by atoms with Gasteiger partial charge in [0.1, 0.15) is 5.75 Å². The molecule has 0 heterocycles. The maximum atomic E-state index is 11.7. The van der Waals surface area contributed by atoms with Crippen molar-refractivity contribution >= 4 is 16.9 Å². The molecule has 2 aromatic carbocycles. The van der Waals surface area contributed by atoms with Crippen molar-refractivity contribution < 1.29 is 9.53 Å². The van der Waals surface area contributed by atoms with Crippen LogP contribution in [0.3, 0.4) is 0 Å². The van der Waals surface area contributed by atoms with Gasteiger partial charge in [-0.15, -0.1) is 0 Å². The van der Waals surface area contributed by atoms with Crippen LogP contribution >= 0.6 is 0 Å². The zero-order chi connectivity index (χ0) is 13.0. The fraction of sp³-hybridized carbons (Fsp3) is 0.267. The number of fused-ring (bicyclic) bond motifs is 1. The summed E-state index contributed by atoms with van der Waals surface area (Å²) in [7, 11) is 0. The highest BCUT2D eigenvalue weighted by Gasteiger charge is 2.09. The van der Waals surface area contributed by atoms with Crippen molar-refractivity contribution in [3.05, 3.63) is 42.5 Å². The van der Waals surface area contributed by atoms with Crippen molar-refractivity contribution in [1.82, 2.24) is 5.32 Å². The van der Waals surface area contributed by atoms with E-state index < -0.39 is 6.09 Å². The average molecular weight is 243 g/mol. The summed E-state index contributed by atoms with van der Waals surface area (Å²) in [5, 5.41) is 4.79. The second-order valence-corrected chi connectivity index (χ2v) is 4.32. The molecule has 0 fully saturated rings. The van der Waals surface area contributed by atoms with Gasteiger partial charge in [-0.3, -0.25) is 0 Å². The lowest BCUT2D eigenvalue weighted by atomic mass is 10.1. The van der Waals surface area contributed by atoms with Crippen LogP contribution in [0.4, 0.5) is 4.79 Å². The quantitative estimate of drug-likeness (QED) is 0.892. The first-order valence-corrected chi connectivity index (χ1v) is 6.17. The number of benzene rings is 2. The van der Waals surface area contributed by atoms with Crippen molar-refractivity contribution in [3.8, 4) is 5.75 Å². The van der Waals surface area contributed by atoms with E-state index in [1.807, 2.05) is 50.2 Å². The lowest BCUT2D eigenvalue weighted by Crippen LogP contribution is -2.34. The van der Waals surface area contributed by atoms with E-state index >= 15 is 0 Å². The molecular weight excluding hydrogens is 226 g/mol. The first-order valence-electron chi connectivity index (χ1n) is 6.17. The number of hydrogen-bond donors (Lipinski definition) is 1. The summed E-state index contributed by atoms with van der Waals surface area (Å²) in [6, 6.07) is 13.6. The SMILES string of the molecule is CC[C@H](C)NC(=O)Oc1cccc2ccccc12. The lowest BCUT2D eigenvalue weighted by Gasteiger charge is -2.12. The highest BCUT2D eigenvalue weighted by atomic mass is 16.6. The van der Waals surface area contributed by atoms with E-state index in [9.17, 15) is 4.79 Å². The van der Waals surface area contributed by atoms with Gasteiger partial charge in [0.2, 0.25) is 0 Å². The van der Waals surface area contributed by atoms with Crippen LogP contribution in [0.2, 0.25) is 0 Å². The monoisotopic (exact) mass is 243 g/mol. The Morgan fingerprint density at radius 1 is 1.22 bits per heavy atom. The Hall–Kier alpha value is -2.03. The first-order chi connectivity index (χ1) is 8.70. The van der Waals surface area contributed by atoms with Crippen LogP contribution < -0.4 is 10.1 Å². The maximum absolute atomic E-state index is 11.7. The van der Waals surface area contributed by atoms with E-state index in [0.717, 1.165) is 17.2 Å². The molecule has 18 heavy (non-hydrogen) atoms. The van der Waals surface area contributed by atoms with Gasteiger partial charge in [-0.05, 0) is 24.8 Å². The predicted molar refractivity (Wildman–Crippen MR) is 72.9 cm³/mol. The Kier molecular flexibility index (Phi) is 3.82. The minimum atomic E-state index is -0.402. The smallest absolute Gasteiger partial charge is 0.410 e. The highest BCUT2D eigenvalue weighted by molar-refractivity contribution is 5.90. The Morgan fingerprint density at radius 3 is 2.72 bits per heavy atom. The van der Waals surface area contributed by atoms with E-state index in [4.69, 9.17) is 4.74 Å². The predicted octanol–water partition coefficient (Wildman–Crippen LogP) is 3.73. The summed E-state index contributed by atoms with van der Waals surface area (Å²) in [5.74, 6) is 0.592. The van der Waals surface area contributed by atoms with Gasteiger partial charge < -0.3 is 10.1 Å². The minimum absolute atomic E-state index is 0.118. The Morgan fingerprint density at radius 2 is 1.94 bits per heavy atom. The zero-order valence-electron chi connectivity index (χ0n) is 10.6. The van der Waals surface area contributed by atoms with E-state index in [1.54, 1.807) is 6.07 Å². The van der Waals surface area contributed by atoms with Crippen LogP contribution in [0.25, 0.3) is 10.8 Å². The van der Waals surface area contributed by atoms with Gasteiger partial charge in [0.05, 0.1) is 0 Å². The molecule has 94 valence electrons. The summed E-state index contributed by atoms with van der Waals surface area (Å²) in [5.41, 5.74) is 0. The molecule has 2 rings (SSSR count). The number of nitrogens with one attached hydrogen (secondary N) is 1. The standard InChI is InChI=1S/C15H17NO2/c1-3-11(2)16-15(17)18-14-10-6-8-12-7-4-5-9-13(12)14/h4-11H,3H2,1-2H3,(H,16,17)/t11-/m0/s1. The van der Waals surface area contributed by atoms with E-state index in [1.165, 1.54) is 0 Å². The molecule has 1 N–H and O–H groups in total. The molecule has 0 aliphatic heterocycles. The number of carbonyl (C=O) groups excluding carboxylic acids is 1. The van der Waals surface area contributed by atoms with E-state index in [2.05, 4.69) is 5.32 Å². The fourth-order valence-corrected chi connectivity index (χ4v) is 1.72. The van der Waals surface area contributed by atoms with Crippen molar-refractivity contribution in [2.24, 2.45) is 0 Å². The molecule has 0 radical (unpaired) electrons. The molecular formula is C15H17NO2. The molecule has 0 aromatic heterocycles. The third-order valence-electron chi connectivity index (χ3n) is 2.93. The van der Waals surface area contributed by atoms with Crippen LogP contribution in [-0.2, 0) is 0 Å². The van der Waals surface area contributed by atoms with Gasteiger partial charge in [0.25, 0.3) is 0 Å². The van der Waals surface area contributed by atoms with Crippen LogP contribution in [0.1, 0.15) is 20.3 Å². The van der Waals surface area contributed by atoms with Crippen molar-refractivity contribution in [1.29, 1.82) is 0 Å². The highest BCUT2D eigenvalue weighted by Crippen LogP contribution is 2.25. The zero-order valence-corrected chi connectivity index (χ0v) is 10.6. The Balaban J connectivity index is 2.19. The third-order valence-corrected chi connectivity index (χ3v) is 2.93. The van der Waals surface area contributed by atoms with Crippen LogP contribution in [0, 0.1) is 0 Å². The molecule has 0 saturated carbocycles. The maximum Gasteiger partial charge on any atom is 0.412 e. The normalized spacial score (nSPS) is 12.1. The minimum Gasteiger partial charge on any atom is -0.410 e. The van der Waals surface area contributed by atoms with Crippen LogP contribution in [-0.4, -0.2) is 12.1 Å². The topological polar surface area (TPSA) is 38.3 Å². The molecule has 3 nitrogen and oxygen atoms in total. The number of ether oxygens (including phenoxy) is 1. The third kappa shape index (κ3) is 2.80. The summed E-state index contributed by atoms with van der Waals surface area (Å²) in [6.07, 6.45) is 0.477. The summed E-state index contributed by atoms with van der Waals surface area (Å²) < 4.78 is 5.35. The summed E-state index contributed by atoms with van der Waals surface area (Å²) in [4.78, 5) is 11.7. The number of rotatable bonds is 3. The molecule has 1 amide bonds. The lowest BCUT2D eigenvalue weighted by molar-refractivity contribution is 0.197. The Bertz CT molecular complexity index is 546. The van der Waals surface area contributed by atoms with Crippen molar-refractivity contribution in [2.75, 3.05) is 0 Å². The fourth-order valence-electron chi connectivity index (χ4n) is 1.72. The molecule has 0 saturated heterocycles. The van der Waals surface area contributed by atoms with E-state index in [-0.39, 0.29) is 6.04 Å². The largest absolute Gasteiger partial charge is 0.412 e. The van der Waals surface area contributed by atoms with Crippen LogP contribution in [0.5, 0.6) is 5.75 Å². The average Bonchev–Trinajstić information content (AvgIpc) is 2.39. The molecule has 3 heteroatoms. The summed E-state index contributed by atoms with van der Waals surface area (Å²) in [6.45, 7) is 3.97. The van der Waals surface area contributed by atoms with E-state index in [0.29, 0.717) is 5.75 Å². The van der Waals surface area contributed by atoms with Gasteiger partial charge in [-0.2, -0.15) is 0 Å². The first kappa shape index (κ1) is 12.4. The second-order valence-electron chi connectivity index (χ2n) is 4.32. The molecule has 0 bridgehead atoms. The number of amides is 1. The molecule has 2 aromatic rings. The summed E-state index contributed by atoms with van der Waals surface area (Å²) >= 11 is 0. The van der Waals surface area contributed by atoms with Crippen molar-refractivity contribution in [3.63, 3.8) is 0 Å². The van der Waals surface area contributed by atoms with Gasteiger partial charge in [0.15, 0.2) is 0 Å². The van der Waals surface area contributed by atoms with Crippen LogP contribution in [0.15, 0.2) is 42.5 Å². The van der Waals surface area contributed by atoms with Gasteiger partial charge in [0, 0.05) is 11.4 Å². The second kappa shape index (κ2) is 5.54. The molecule has 1 atom stereocenters. The Labute approximate surface area is 107 Å². The number of carbonyl (C=O) groups is 1. The molecule has 0 spiro atoms.